The second-order valence-electron chi connectivity index (χ2n) is 7.71. The lowest BCUT2D eigenvalue weighted by Crippen LogP contribution is -2.50. The molecule has 3 aliphatic rings. The highest BCUT2D eigenvalue weighted by Gasteiger charge is 2.49. The van der Waals surface area contributed by atoms with Crippen molar-refractivity contribution < 1.29 is 14.0 Å². The molecule has 2 amide bonds. The third-order valence-corrected chi connectivity index (χ3v) is 5.99. The predicted molar refractivity (Wildman–Crippen MR) is 96.9 cm³/mol. The molecule has 146 valence electrons. The summed E-state index contributed by atoms with van der Waals surface area (Å²) in [4.78, 5) is 30.6. The molecule has 1 aromatic rings. The Kier molecular flexibility index (Phi) is 5.36. The fourth-order valence-corrected chi connectivity index (χ4v) is 4.53. The molecule has 0 aromatic carbocycles. The zero-order valence-corrected chi connectivity index (χ0v) is 15.2. The van der Waals surface area contributed by atoms with Gasteiger partial charge in [-0.15, -0.1) is 0 Å². The number of hydrogen-bond donors (Lipinski definition) is 3. The molecule has 2 saturated heterocycles. The van der Waals surface area contributed by atoms with E-state index in [4.69, 9.17) is 0 Å². The molecule has 7 nitrogen and oxygen atoms in total. The number of carbonyl (C=O) groups excluding carboxylic acids is 2. The van der Waals surface area contributed by atoms with Gasteiger partial charge in [-0.3, -0.25) is 20.0 Å². The van der Waals surface area contributed by atoms with Crippen molar-refractivity contribution in [2.75, 3.05) is 13.1 Å². The van der Waals surface area contributed by atoms with Gasteiger partial charge < -0.3 is 10.2 Å². The number of nitrogens with zero attached hydrogens (tertiary/aromatic N) is 2. The van der Waals surface area contributed by atoms with Crippen molar-refractivity contribution in [1.29, 1.82) is 0 Å². The van der Waals surface area contributed by atoms with Crippen LogP contribution in [-0.4, -0.2) is 53.2 Å². The Balaban J connectivity index is 1.31. The summed E-state index contributed by atoms with van der Waals surface area (Å²) in [6.07, 6.45) is 5.39. The van der Waals surface area contributed by atoms with E-state index in [1.54, 1.807) is 17.3 Å². The molecular formula is C19H26FN5O2. The minimum absolute atomic E-state index is 0.0554. The Labute approximate surface area is 158 Å². The van der Waals surface area contributed by atoms with Gasteiger partial charge in [0.15, 0.2) is 0 Å². The molecule has 1 aliphatic carbocycles. The van der Waals surface area contributed by atoms with E-state index in [-0.39, 0.29) is 42.3 Å². The lowest BCUT2D eigenvalue weighted by atomic mass is 9.82. The van der Waals surface area contributed by atoms with Crippen molar-refractivity contribution in [1.82, 2.24) is 26.1 Å². The monoisotopic (exact) mass is 375 g/mol. The zero-order chi connectivity index (χ0) is 18.8. The van der Waals surface area contributed by atoms with E-state index >= 15 is 0 Å². The van der Waals surface area contributed by atoms with Crippen molar-refractivity contribution in [3.8, 4) is 0 Å². The topological polar surface area (TPSA) is 86.4 Å². The molecule has 8 heteroatoms. The number of fused-ring (bicyclic) bond motifs is 1. The van der Waals surface area contributed by atoms with Crippen molar-refractivity contribution in [3.05, 3.63) is 30.1 Å². The van der Waals surface area contributed by atoms with E-state index in [0.29, 0.717) is 19.5 Å². The number of halogens is 1. The number of pyridine rings is 1. The maximum absolute atomic E-state index is 14.5. The molecular weight excluding hydrogens is 349 g/mol. The third-order valence-electron chi connectivity index (χ3n) is 5.99. The Morgan fingerprint density at radius 2 is 2.11 bits per heavy atom. The SMILES string of the molecule is O=C(NCCc1ccncc1)C1CC(=O)N(C2NNC3CCCC(F)C32)C1. The first-order chi connectivity index (χ1) is 13.1. The number of carbonyl (C=O) groups is 2. The average molecular weight is 375 g/mol. The summed E-state index contributed by atoms with van der Waals surface area (Å²) in [5.74, 6) is -0.807. The van der Waals surface area contributed by atoms with Crippen LogP contribution in [0.3, 0.4) is 0 Å². The molecule has 0 radical (unpaired) electrons. The van der Waals surface area contributed by atoms with E-state index in [0.717, 1.165) is 24.8 Å². The van der Waals surface area contributed by atoms with Crippen LogP contribution in [0.25, 0.3) is 0 Å². The molecule has 0 spiro atoms. The molecule has 0 bridgehead atoms. The van der Waals surface area contributed by atoms with Crippen LogP contribution in [0, 0.1) is 11.8 Å². The first kappa shape index (κ1) is 18.3. The van der Waals surface area contributed by atoms with Crippen LogP contribution >= 0.6 is 0 Å². The standard InChI is InChI=1S/C19H26FN5O2/c20-14-2-1-3-15-17(14)18(24-23-15)25-11-13(10-16(25)26)19(27)22-9-6-12-4-7-21-8-5-12/h4-5,7-8,13-15,17-18,23-24H,1-3,6,9-11H2,(H,22,27). The molecule has 5 unspecified atom stereocenters. The van der Waals surface area contributed by atoms with Crippen molar-refractivity contribution in [2.45, 2.75) is 50.5 Å². The van der Waals surface area contributed by atoms with Gasteiger partial charge in [0.2, 0.25) is 11.8 Å². The van der Waals surface area contributed by atoms with Crippen molar-refractivity contribution in [2.24, 2.45) is 11.8 Å². The number of nitrogens with one attached hydrogen (secondary N) is 3. The van der Waals surface area contributed by atoms with Gasteiger partial charge in [0.1, 0.15) is 12.3 Å². The number of hydrogen-bond acceptors (Lipinski definition) is 5. The summed E-state index contributed by atoms with van der Waals surface area (Å²) in [6.45, 7) is 0.864. The van der Waals surface area contributed by atoms with Gasteiger partial charge in [-0.2, -0.15) is 0 Å². The molecule has 1 saturated carbocycles. The number of likely N-dealkylation sites (tertiary alicyclic amines) is 1. The Hall–Kier alpha value is -2.06. The smallest absolute Gasteiger partial charge is 0.225 e. The number of rotatable bonds is 5. The van der Waals surface area contributed by atoms with Gasteiger partial charge in [0.25, 0.3) is 0 Å². The highest BCUT2D eigenvalue weighted by Crippen LogP contribution is 2.35. The average Bonchev–Trinajstić information content (AvgIpc) is 3.27. The van der Waals surface area contributed by atoms with E-state index in [1.165, 1.54) is 0 Å². The van der Waals surface area contributed by atoms with Crippen LogP contribution < -0.4 is 16.2 Å². The number of aromatic nitrogens is 1. The molecule has 27 heavy (non-hydrogen) atoms. The number of hydrazine groups is 1. The largest absolute Gasteiger partial charge is 0.355 e. The summed E-state index contributed by atoms with van der Waals surface area (Å²) in [6, 6.07) is 3.89. The Morgan fingerprint density at radius 3 is 2.93 bits per heavy atom. The lowest BCUT2D eigenvalue weighted by Gasteiger charge is -2.34. The molecule has 3 heterocycles. The summed E-state index contributed by atoms with van der Waals surface area (Å²) in [5.41, 5.74) is 7.35. The highest BCUT2D eigenvalue weighted by molar-refractivity contribution is 5.89. The Morgan fingerprint density at radius 1 is 1.30 bits per heavy atom. The first-order valence-corrected chi connectivity index (χ1v) is 9.74. The van der Waals surface area contributed by atoms with Gasteiger partial charge in [-0.05, 0) is 43.4 Å². The minimum atomic E-state index is -0.919. The van der Waals surface area contributed by atoms with Crippen LogP contribution in [0.15, 0.2) is 24.5 Å². The fourth-order valence-electron chi connectivity index (χ4n) is 4.53. The predicted octanol–water partition coefficient (Wildman–Crippen LogP) is 0.530. The maximum Gasteiger partial charge on any atom is 0.225 e. The van der Waals surface area contributed by atoms with Crippen molar-refractivity contribution >= 4 is 11.8 Å². The van der Waals surface area contributed by atoms with Crippen LogP contribution in [0.2, 0.25) is 0 Å². The lowest BCUT2D eigenvalue weighted by molar-refractivity contribution is -0.131. The van der Waals surface area contributed by atoms with Gasteiger partial charge >= 0.3 is 0 Å². The van der Waals surface area contributed by atoms with E-state index in [9.17, 15) is 14.0 Å². The van der Waals surface area contributed by atoms with Gasteiger partial charge in [0, 0.05) is 43.9 Å². The van der Waals surface area contributed by atoms with Crippen LogP contribution in [-0.2, 0) is 16.0 Å². The number of alkyl halides is 1. The second kappa shape index (κ2) is 7.90. The molecule has 1 aromatic heterocycles. The van der Waals surface area contributed by atoms with Crippen molar-refractivity contribution in [3.63, 3.8) is 0 Å². The molecule has 5 atom stereocenters. The fraction of sp³-hybridized carbons (Fsp3) is 0.632. The molecule has 3 fully saturated rings. The summed E-state index contributed by atoms with van der Waals surface area (Å²) in [5, 5.41) is 2.92. The van der Waals surface area contributed by atoms with Crippen LogP contribution in [0.4, 0.5) is 4.39 Å². The van der Waals surface area contributed by atoms with Gasteiger partial charge in [0.05, 0.1) is 5.92 Å². The Bertz CT molecular complexity index is 688. The van der Waals surface area contributed by atoms with E-state index in [1.807, 2.05) is 12.1 Å². The summed E-state index contributed by atoms with van der Waals surface area (Å²) < 4.78 is 14.5. The van der Waals surface area contributed by atoms with E-state index in [2.05, 4.69) is 21.2 Å². The highest BCUT2D eigenvalue weighted by atomic mass is 19.1. The third kappa shape index (κ3) is 3.82. The molecule has 3 N–H and O–H groups in total. The molecule has 4 rings (SSSR count). The van der Waals surface area contributed by atoms with Gasteiger partial charge in [-0.25, -0.2) is 9.82 Å². The quantitative estimate of drug-likeness (QED) is 0.699. The van der Waals surface area contributed by atoms with Crippen LogP contribution in [0.5, 0.6) is 0 Å². The normalized spacial score (nSPS) is 33.1. The van der Waals surface area contributed by atoms with Gasteiger partial charge in [-0.1, -0.05) is 0 Å². The number of amides is 2. The summed E-state index contributed by atoms with van der Waals surface area (Å²) >= 11 is 0. The maximum atomic E-state index is 14.5. The first-order valence-electron chi connectivity index (χ1n) is 9.74. The minimum Gasteiger partial charge on any atom is -0.355 e. The zero-order valence-electron chi connectivity index (χ0n) is 15.2. The van der Waals surface area contributed by atoms with Crippen LogP contribution in [0.1, 0.15) is 31.2 Å². The summed E-state index contributed by atoms with van der Waals surface area (Å²) in [7, 11) is 0. The van der Waals surface area contributed by atoms with E-state index < -0.39 is 6.17 Å². The second-order valence-corrected chi connectivity index (χ2v) is 7.71. The molecule has 2 aliphatic heterocycles.